The summed E-state index contributed by atoms with van der Waals surface area (Å²) in [6.07, 6.45) is 1.12. The molecule has 0 spiro atoms. The predicted molar refractivity (Wildman–Crippen MR) is 95.2 cm³/mol. The van der Waals surface area contributed by atoms with E-state index in [1.807, 2.05) is 24.3 Å². The third kappa shape index (κ3) is 3.46. The fourth-order valence-electron chi connectivity index (χ4n) is 2.94. The Morgan fingerprint density at radius 3 is 2.79 bits per heavy atom. The first-order chi connectivity index (χ1) is 11.5. The molecule has 0 saturated carbocycles. The Morgan fingerprint density at radius 1 is 1.21 bits per heavy atom. The molecule has 2 aromatic carbocycles. The highest BCUT2D eigenvalue weighted by Gasteiger charge is 2.25. The smallest absolute Gasteiger partial charge is 0.258 e. The average molecular weight is 323 g/mol. The van der Waals surface area contributed by atoms with Gasteiger partial charge < -0.3 is 16.0 Å². The van der Waals surface area contributed by atoms with Gasteiger partial charge in [-0.2, -0.15) is 0 Å². The standard InChI is InChI=1S/C19H21N3O2/c1-13(20)11-18(23)21-16-7-4-6-15(12-16)19(24)22-10-9-14-5-2-3-8-17(14)22/h2-8,12-13H,9-11,20H2,1H3,(H,21,23). The second-order valence-electron chi connectivity index (χ2n) is 6.15. The average Bonchev–Trinajstić information content (AvgIpc) is 2.97. The SMILES string of the molecule is CC(N)CC(=O)Nc1cccc(C(=O)N2CCc3ccccc32)c1. The Kier molecular flexibility index (Phi) is 4.62. The number of nitrogens with zero attached hydrogens (tertiary/aromatic N) is 1. The van der Waals surface area contributed by atoms with Gasteiger partial charge in [0.25, 0.3) is 5.91 Å². The molecule has 0 bridgehead atoms. The minimum atomic E-state index is -0.198. The van der Waals surface area contributed by atoms with Gasteiger partial charge in [-0.3, -0.25) is 9.59 Å². The van der Waals surface area contributed by atoms with Crippen LogP contribution in [0.5, 0.6) is 0 Å². The zero-order valence-electron chi connectivity index (χ0n) is 13.7. The summed E-state index contributed by atoms with van der Waals surface area (Å²) in [6.45, 7) is 2.46. The first kappa shape index (κ1) is 16.2. The van der Waals surface area contributed by atoms with Crippen LogP contribution in [0.25, 0.3) is 0 Å². The van der Waals surface area contributed by atoms with Crippen LogP contribution >= 0.6 is 0 Å². The van der Waals surface area contributed by atoms with Crippen molar-refractivity contribution in [3.8, 4) is 0 Å². The Hall–Kier alpha value is -2.66. The summed E-state index contributed by atoms with van der Waals surface area (Å²) in [5, 5.41) is 2.79. The van der Waals surface area contributed by atoms with E-state index in [9.17, 15) is 9.59 Å². The topological polar surface area (TPSA) is 75.4 Å². The number of rotatable bonds is 4. The van der Waals surface area contributed by atoms with Crippen molar-refractivity contribution in [2.45, 2.75) is 25.8 Å². The van der Waals surface area contributed by atoms with Crippen molar-refractivity contribution < 1.29 is 9.59 Å². The Morgan fingerprint density at radius 2 is 2.00 bits per heavy atom. The molecular weight excluding hydrogens is 302 g/mol. The third-order valence-electron chi connectivity index (χ3n) is 4.03. The summed E-state index contributed by atoms with van der Waals surface area (Å²) < 4.78 is 0. The molecule has 0 aliphatic carbocycles. The Bertz CT molecular complexity index is 771. The van der Waals surface area contributed by atoms with Crippen LogP contribution in [0.3, 0.4) is 0 Å². The van der Waals surface area contributed by atoms with E-state index >= 15 is 0 Å². The molecule has 1 atom stereocenters. The normalized spacial score (nSPS) is 14.2. The molecule has 5 heteroatoms. The molecule has 3 rings (SSSR count). The van der Waals surface area contributed by atoms with Crippen molar-refractivity contribution in [2.24, 2.45) is 5.73 Å². The summed E-state index contributed by atoms with van der Waals surface area (Å²) in [6, 6.07) is 14.8. The van der Waals surface area contributed by atoms with Crippen LogP contribution in [0.2, 0.25) is 0 Å². The number of fused-ring (bicyclic) bond motifs is 1. The molecule has 0 fully saturated rings. The van der Waals surface area contributed by atoms with Crippen LogP contribution in [0.15, 0.2) is 48.5 Å². The van der Waals surface area contributed by atoms with Crippen molar-refractivity contribution in [2.75, 3.05) is 16.8 Å². The highest BCUT2D eigenvalue weighted by molar-refractivity contribution is 6.08. The molecule has 1 aliphatic rings. The number of hydrogen-bond acceptors (Lipinski definition) is 3. The number of hydrogen-bond donors (Lipinski definition) is 2. The molecule has 1 aliphatic heterocycles. The van der Waals surface area contributed by atoms with Gasteiger partial charge >= 0.3 is 0 Å². The van der Waals surface area contributed by atoms with Gasteiger partial charge in [0.1, 0.15) is 0 Å². The first-order valence-corrected chi connectivity index (χ1v) is 8.10. The fraction of sp³-hybridized carbons (Fsp3) is 0.263. The lowest BCUT2D eigenvalue weighted by Crippen LogP contribution is -2.29. The molecule has 2 amide bonds. The summed E-state index contributed by atoms with van der Waals surface area (Å²) in [5.74, 6) is -0.204. The van der Waals surface area contributed by atoms with E-state index in [-0.39, 0.29) is 24.3 Å². The number of amides is 2. The fourth-order valence-corrected chi connectivity index (χ4v) is 2.94. The second-order valence-corrected chi connectivity index (χ2v) is 6.15. The quantitative estimate of drug-likeness (QED) is 0.908. The molecule has 124 valence electrons. The maximum atomic E-state index is 12.8. The second kappa shape index (κ2) is 6.84. The molecular formula is C19H21N3O2. The molecule has 5 nitrogen and oxygen atoms in total. The lowest BCUT2D eigenvalue weighted by Gasteiger charge is -2.18. The summed E-state index contributed by atoms with van der Waals surface area (Å²) >= 11 is 0. The van der Waals surface area contributed by atoms with Crippen LogP contribution < -0.4 is 16.0 Å². The largest absolute Gasteiger partial charge is 0.327 e. The van der Waals surface area contributed by atoms with Crippen LogP contribution in [0.4, 0.5) is 11.4 Å². The molecule has 1 heterocycles. The van der Waals surface area contributed by atoms with Gasteiger partial charge in [0.05, 0.1) is 0 Å². The van der Waals surface area contributed by atoms with Crippen LogP contribution in [0, 0.1) is 0 Å². The maximum Gasteiger partial charge on any atom is 0.258 e. The molecule has 24 heavy (non-hydrogen) atoms. The number of carbonyl (C=O) groups excluding carboxylic acids is 2. The number of anilines is 2. The Balaban J connectivity index is 1.77. The lowest BCUT2D eigenvalue weighted by atomic mass is 10.1. The van der Waals surface area contributed by atoms with E-state index < -0.39 is 0 Å². The molecule has 0 radical (unpaired) electrons. The first-order valence-electron chi connectivity index (χ1n) is 8.10. The van der Waals surface area contributed by atoms with Crippen LogP contribution in [-0.2, 0) is 11.2 Å². The van der Waals surface area contributed by atoms with Crippen molar-refractivity contribution in [1.29, 1.82) is 0 Å². The monoisotopic (exact) mass is 323 g/mol. The van der Waals surface area contributed by atoms with Crippen molar-refractivity contribution in [1.82, 2.24) is 0 Å². The zero-order chi connectivity index (χ0) is 17.1. The highest BCUT2D eigenvalue weighted by atomic mass is 16.2. The van der Waals surface area contributed by atoms with Gasteiger partial charge in [-0.25, -0.2) is 0 Å². The van der Waals surface area contributed by atoms with E-state index in [0.717, 1.165) is 12.1 Å². The molecule has 3 N–H and O–H groups in total. The molecule has 2 aromatic rings. The minimum absolute atomic E-state index is 0.0526. The number of benzene rings is 2. The number of para-hydroxylation sites is 1. The van der Waals surface area contributed by atoms with Crippen LogP contribution in [-0.4, -0.2) is 24.4 Å². The third-order valence-corrected chi connectivity index (χ3v) is 4.03. The summed E-state index contributed by atoms with van der Waals surface area (Å²) in [4.78, 5) is 26.4. The van der Waals surface area contributed by atoms with E-state index in [2.05, 4.69) is 5.32 Å². The van der Waals surface area contributed by atoms with Gasteiger partial charge in [0.15, 0.2) is 0 Å². The summed E-state index contributed by atoms with van der Waals surface area (Å²) in [7, 11) is 0. The van der Waals surface area contributed by atoms with E-state index in [0.29, 0.717) is 17.8 Å². The Labute approximate surface area is 141 Å². The van der Waals surface area contributed by atoms with E-state index in [1.165, 1.54) is 5.56 Å². The minimum Gasteiger partial charge on any atom is -0.327 e. The maximum absolute atomic E-state index is 12.8. The van der Waals surface area contributed by atoms with E-state index in [1.54, 1.807) is 36.1 Å². The van der Waals surface area contributed by atoms with Crippen molar-refractivity contribution >= 4 is 23.2 Å². The van der Waals surface area contributed by atoms with Crippen molar-refractivity contribution in [3.05, 3.63) is 59.7 Å². The predicted octanol–water partition coefficient (Wildman–Crippen LogP) is 2.57. The van der Waals surface area contributed by atoms with E-state index in [4.69, 9.17) is 5.73 Å². The number of carbonyl (C=O) groups is 2. The number of nitrogens with two attached hydrogens (primary N) is 1. The van der Waals surface area contributed by atoms with Gasteiger partial charge in [-0.05, 0) is 43.2 Å². The van der Waals surface area contributed by atoms with Gasteiger partial charge in [0, 0.05) is 35.9 Å². The van der Waals surface area contributed by atoms with Gasteiger partial charge in [-0.1, -0.05) is 24.3 Å². The van der Waals surface area contributed by atoms with Gasteiger partial charge in [-0.15, -0.1) is 0 Å². The molecule has 0 aromatic heterocycles. The molecule has 0 saturated heterocycles. The number of nitrogens with one attached hydrogen (secondary N) is 1. The van der Waals surface area contributed by atoms with Crippen molar-refractivity contribution in [3.63, 3.8) is 0 Å². The van der Waals surface area contributed by atoms with Gasteiger partial charge in [0.2, 0.25) is 5.91 Å². The molecule has 1 unspecified atom stereocenters. The van der Waals surface area contributed by atoms with Crippen LogP contribution in [0.1, 0.15) is 29.3 Å². The zero-order valence-corrected chi connectivity index (χ0v) is 13.7. The highest BCUT2D eigenvalue weighted by Crippen LogP contribution is 2.29. The summed E-state index contributed by atoms with van der Waals surface area (Å²) in [5.41, 5.74) is 8.96. The lowest BCUT2D eigenvalue weighted by molar-refractivity contribution is -0.116.